The number of para-hydroxylation sites is 1. The minimum absolute atomic E-state index is 0.0475. The van der Waals surface area contributed by atoms with E-state index in [9.17, 15) is 24.6 Å². The van der Waals surface area contributed by atoms with Crippen LogP contribution in [0.2, 0.25) is 0 Å². The first kappa shape index (κ1) is 33.4. The molecule has 6 rings (SSSR count). The molecule has 3 aliphatic rings. The fraction of sp³-hybridized carbons (Fsp3) is 0.486. The van der Waals surface area contributed by atoms with Gasteiger partial charge in [-0.25, -0.2) is 4.79 Å². The quantitative estimate of drug-likeness (QED) is 0.208. The van der Waals surface area contributed by atoms with Crippen LogP contribution in [0.5, 0.6) is 0 Å². The zero-order valence-electron chi connectivity index (χ0n) is 26.4. The maximum Gasteiger partial charge on any atom is 0.316 e. The van der Waals surface area contributed by atoms with Crippen molar-refractivity contribution in [3.63, 3.8) is 0 Å². The highest BCUT2D eigenvalue weighted by atomic mass is 32.1. The molecule has 2 unspecified atom stereocenters. The molecule has 5 N–H and O–H groups in total. The Morgan fingerprint density at radius 1 is 0.957 bits per heavy atom. The number of primary amides is 1. The van der Waals surface area contributed by atoms with Gasteiger partial charge in [0.2, 0.25) is 0 Å². The minimum atomic E-state index is -1.10. The zero-order valence-corrected chi connectivity index (χ0v) is 27.3. The van der Waals surface area contributed by atoms with Crippen molar-refractivity contribution in [3.8, 4) is 0 Å². The van der Waals surface area contributed by atoms with E-state index >= 15 is 0 Å². The summed E-state index contributed by atoms with van der Waals surface area (Å²) in [6.45, 7) is 6.83. The van der Waals surface area contributed by atoms with Crippen LogP contribution in [0.15, 0.2) is 66.7 Å². The van der Waals surface area contributed by atoms with Gasteiger partial charge in [-0.15, -0.1) is 0 Å². The first-order chi connectivity index (χ1) is 22.1. The third-order valence-electron chi connectivity index (χ3n) is 10.1. The molecular formula is C35H45N5O5S. The molecule has 0 spiro atoms. The van der Waals surface area contributed by atoms with Crippen LogP contribution in [0, 0.1) is 22.7 Å². The van der Waals surface area contributed by atoms with E-state index in [1.165, 1.54) is 10.1 Å². The lowest BCUT2D eigenvalue weighted by Gasteiger charge is -2.46. The van der Waals surface area contributed by atoms with Crippen LogP contribution in [-0.4, -0.2) is 70.2 Å². The first-order valence-corrected chi connectivity index (χ1v) is 16.9. The normalized spacial score (nSPS) is 26.6. The Kier molecular flexibility index (Phi) is 10.6. The molecule has 2 amide bonds. The van der Waals surface area contributed by atoms with Crippen LogP contribution in [0.1, 0.15) is 51.9 Å². The van der Waals surface area contributed by atoms with Crippen molar-refractivity contribution in [2.75, 3.05) is 42.9 Å². The number of allylic oxidation sites excluding steroid dienone is 1. The number of nitrogens with one attached hydrogen (secondary N) is 1. The van der Waals surface area contributed by atoms with Crippen molar-refractivity contribution in [2.24, 2.45) is 28.4 Å². The highest BCUT2D eigenvalue weighted by molar-refractivity contribution is 7.13. The molecule has 2 atom stereocenters. The Bertz CT molecular complexity index is 1530. The van der Waals surface area contributed by atoms with Crippen molar-refractivity contribution in [1.29, 1.82) is 0 Å². The van der Waals surface area contributed by atoms with Gasteiger partial charge in [0.25, 0.3) is 0 Å². The molecule has 2 aliphatic carbocycles. The molecule has 0 radical (unpaired) electrons. The SMILES string of the molecule is CC1(C(=O)O)C=CCC(C(=O)O)([C@H]2CC[C@H](CCN3CCN(c4nsc5ccccc45)CC3)CC2)C1.NC(=O)Nc1ccccc1. The molecule has 46 heavy (non-hydrogen) atoms. The van der Waals surface area contributed by atoms with Crippen LogP contribution >= 0.6 is 11.5 Å². The van der Waals surface area contributed by atoms with E-state index in [4.69, 9.17) is 10.1 Å². The summed E-state index contributed by atoms with van der Waals surface area (Å²) in [5, 5.41) is 23.6. The second-order valence-corrected chi connectivity index (χ2v) is 14.0. The Hall–Kier alpha value is -3.96. The highest BCUT2D eigenvalue weighted by Crippen LogP contribution is 2.52. The van der Waals surface area contributed by atoms with Gasteiger partial charge < -0.3 is 26.2 Å². The largest absolute Gasteiger partial charge is 0.481 e. The lowest BCUT2D eigenvalue weighted by Crippen LogP contribution is -2.48. The van der Waals surface area contributed by atoms with Crippen LogP contribution in [0.25, 0.3) is 10.1 Å². The summed E-state index contributed by atoms with van der Waals surface area (Å²) in [6, 6.07) is 17.0. The summed E-state index contributed by atoms with van der Waals surface area (Å²) in [4.78, 5) is 39.5. The van der Waals surface area contributed by atoms with Gasteiger partial charge >= 0.3 is 18.0 Å². The van der Waals surface area contributed by atoms with E-state index in [1.807, 2.05) is 18.2 Å². The number of aliphatic carboxylic acids is 2. The minimum Gasteiger partial charge on any atom is -0.481 e. The van der Waals surface area contributed by atoms with Crippen molar-refractivity contribution in [3.05, 3.63) is 66.7 Å². The van der Waals surface area contributed by atoms with Crippen molar-refractivity contribution >= 4 is 51.1 Å². The number of carboxylic acids is 2. The third-order valence-corrected chi connectivity index (χ3v) is 10.9. The lowest BCUT2D eigenvalue weighted by molar-refractivity contribution is -0.161. The number of anilines is 2. The number of hydrogen-bond donors (Lipinski definition) is 4. The molecule has 1 saturated heterocycles. The Morgan fingerprint density at radius 2 is 1.63 bits per heavy atom. The van der Waals surface area contributed by atoms with Crippen LogP contribution < -0.4 is 16.0 Å². The maximum absolute atomic E-state index is 12.4. The van der Waals surface area contributed by atoms with Gasteiger partial charge in [0.05, 0.1) is 15.5 Å². The smallest absolute Gasteiger partial charge is 0.316 e. The Balaban J connectivity index is 0.000000356. The van der Waals surface area contributed by atoms with E-state index in [0.29, 0.717) is 12.3 Å². The molecule has 0 bridgehead atoms. The topological polar surface area (TPSA) is 149 Å². The number of amides is 2. The van der Waals surface area contributed by atoms with E-state index in [2.05, 4.69) is 39.4 Å². The number of carboxylic acid groups (broad SMARTS) is 2. The molecule has 1 saturated carbocycles. The summed E-state index contributed by atoms with van der Waals surface area (Å²) in [6.07, 6.45) is 9.12. The van der Waals surface area contributed by atoms with Crippen LogP contribution in [-0.2, 0) is 9.59 Å². The average Bonchev–Trinajstić information content (AvgIpc) is 3.49. The number of rotatable bonds is 8. The molecule has 1 aliphatic heterocycles. The molecule has 11 heteroatoms. The average molecular weight is 648 g/mol. The summed E-state index contributed by atoms with van der Waals surface area (Å²) in [5.41, 5.74) is 3.54. The fourth-order valence-electron chi connectivity index (χ4n) is 7.43. The van der Waals surface area contributed by atoms with Gasteiger partial charge in [0, 0.05) is 37.3 Å². The molecule has 2 fully saturated rings. The van der Waals surface area contributed by atoms with Gasteiger partial charge in [-0.2, -0.15) is 4.37 Å². The second kappa shape index (κ2) is 14.6. The van der Waals surface area contributed by atoms with Gasteiger partial charge in [-0.1, -0.05) is 55.3 Å². The Morgan fingerprint density at radius 3 is 2.28 bits per heavy atom. The summed E-state index contributed by atoms with van der Waals surface area (Å²) < 4.78 is 5.96. The number of nitrogens with two attached hydrogens (primary N) is 1. The molecule has 2 aromatic carbocycles. The van der Waals surface area contributed by atoms with Gasteiger partial charge in [0.1, 0.15) is 5.82 Å². The summed E-state index contributed by atoms with van der Waals surface area (Å²) >= 11 is 1.58. The van der Waals surface area contributed by atoms with E-state index < -0.39 is 28.8 Å². The standard InChI is InChI=1S/C28H37N3O4S.C7H8N2O/c1-27(25(32)33)12-4-13-28(19-27,26(34)35)21-9-7-20(8-10-21)11-14-30-15-17-31(18-16-30)24-22-5-2-3-6-23(22)36-29-24;8-7(10)9-6-4-2-1-3-5-6/h2-6,12,20-21H,7-11,13-19H2,1H3,(H,32,33)(H,34,35);1-5H,(H3,8,9,10)/t20-,21-,27?,28?;. The summed E-state index contributed by atoms with van der Waals surface area (Å²) in [7, 11) is 0. The van der Waals surface area contributed by atoms with Gasteiger partial charge in [-0.3, -0.25) is 14.5 Å². The predicted molar refractivity (Wildman–Crippen MR) is 182 cm³/mol. The van der Waals surface area contributed by atoms with Gasteiger partial charge in [0.15, 0.2) is 0 Å². The maximum atomic E-state index is 12.4. The number of nitrogens with zero attached hydrogens (tertiary/aromatic N) is 3. The number of benzene rings is 2. The van der Waals surface area contributed by atoms with Crippen LogP contribution in [0.4, 0.5) is 16.3 Å². The number of hydrogen-bond acceptors (Lipinski definition) is 7. The number of fused-ring (bicyclic) bond motifs is 1. The van der Waals surface area contributed by atoms with E-state index in [1.54, 1.807) is 42.7 Å². The summed E-state index contributed by atoms with van der Waals surface area (Å²) in [5.74, 6) is 0.0378. The molecule has 246 valence electrons. The lowest BCUT2D eigenvalue weighted by atomic mass is 9.57. The van der Waals surface area contributed by atoms with Crippen molar-refractivity contribution < 1.29 is 24.6 Å². The first-order valence-electron chi connectivity index (χ1n) is 16.2. The second-order valence-electron chi connectivity index (χ2n) is 13.2. The monoisotopic (exact) mass is 647 g/mol. The number of piperazine rings is 1. The number of urea groups is 1. The van der Waals surface area contributed by atoms with E-state index in [0.717, 1.165) is 76.3 Å². The Labute approximate surface area is 274 Å². The van der Waals surface area contributed by atoms with Gasteiger partial charge in [-0.05, 0) is 93.2 Å². The molecule has 10 nitrogen and oxygen atoms in total. The number of carbonyl (C=O) groups excluding carboxylic acids is 1. The number of aromatic nitrogens is 1. The zero-order chi connectivity index (χ0) is 32.7. The predicted octanol–water partition coefficient (Wildman–Crippen LogP) is 6.30. The molecule has 3 aromatic rings. The van der Waals surface area contributed by atoms with Crippen LogP contribution in [0.3, 0.4) is 0 Å². The number of carbonyl (C=O) groups is 3. The molecule has 1 aromatic heterocycles. The van der Waals surface area contributed by atoms with E-state index in [-0.39, 0.29) is 12.3 Å². The van der Waals surface area contributed by atoms with Crippen molar-refractivity contribution in [2.45, 2.75) is 51.9 Å². The molecular weight excluding hydrogens is 602 g/mol. The van der Waals surface area contributed by atoms with Crippen molar-refractivity contribution in [1.82, 2.24) is 9.27 Å². The molecule has 2 heterocycles. The fourth-order valence-corrected chi connectivity index (χ4v) is 8.22. The highest BCUT2D eigenvalue weighted by Gasteiger charge is 2.53. The third kappa shape index (κ3) is 7.70.